The Morgan fingerprint density at radius 3 is 2.56 bits per heavy atom. The van der Waals surface area contributed by atoms with Crippen molar-refractivity contribution < 1.29 is 4.79 Å². The van der Waals surface area contributed by atoms with Crippen molar-refractivity contribution in [2.24, 2.45) is 0 Å². The Hall–Kier alpha value is -2.46. The van der Waals surface area contributed by atoms with Gasteiger partial charge in [0.1, 0.15) is 0 Å². The van der Waals surface area contributed by atoms with E-state index < -0.39 is 0 Å². The zero-order chi connectivity index (χ0) is 17.2. The van der Waals surface area contributed by atoms with Crippen LogP contribution in [0.15, 0.2) is 48.7 Å². The maximum Gasteiger partial charge on any atom is 0.257 e. The molecule has 1 aromatic heterocycles. The van der Waals surface area contributed by atoms with Gasteiger partial charge in [-0.3, -0.25) is 4.79 Å². The predicted octanol–water partition coefficient (Wildman–Crippen LogP) is 5.06. The van der Waals surface area contributed by atoms with Gasteiger partial charge in [-0.2, -0.15) is 0 Å². The van der Waals surface area contributed by atoms with Crippen LogP contribution in [-0.4, -0.2) is 24.0 Å². The molecule has 2 heterocycles. The summed E-state index contributed by atoms with van der Waals surface area (Å²) >= 11 is 5.99. The number of carbonyl (C=O) groups excluding carboxylic acids is 1. The van der Waals surface area contributed by atoms with E-state index in [-0.39, 0.29) is 5.91 Å². The fourth-order valence-corrected chi connectivity index (χ4v) is 3.56. The zero-order valence-corrected chi connectivity index (χ0v) is 14.6. The van der Waals surface area contributed by atoms with Gasteiger partial charge in [0.25, 0.3) is 5.91 Å². The molecule has 128 valence electrons. The van der Waals surface area contributed by atoms with Crippen molar-refractivity contribution in [3.05, 3.63) is 59.2 Å². The van der Waals surface area contributed by atoms with Crippen LogP contribution >= 0.6 is 11.6 Å². The molecule has 0 radical (unpaired) electrons. The van der Waals surface area contributed by atoms with Gasteiger partial charge < -0.3 is 15.2 Å². The van der Waals surface area contributed by atoms with Crippen LogP contribution in [0.5, 0.6) is 0 Å². The number of anilines is 2. The third-order valence-electron chi connectivity index (χ3n) is 4.73. The Morgan fingerprint density at radius 1 is 1.04 bits per heavy atom. The quantitative estimate of drug-likeness (QED) is 0.691. The van der Waals surface area contributed by atoms with E-state index in [9.17, 15) is 4.79 Å². The molecule has 0 aliphatic carbocycles. The standard InChI is InChI=1S/C20H20ClN3O/c21-14-4-9-17-18(13-22-19(17)12-14)20(25)23-15-5-7-16(8-6-15)24-10-2-1-3-11-24/h4-9,12-13,22H,1-3,10-11H2,(H,23,25). The first-order chi connectivity index (χ1) is 12.2. The molecule has 0 bridgehead atoms. The maximum atomic E-state index is 12.6. The Bertz CT molecular complexity index is 895. The molecule has 2 N–H and O–H groups in total. The van der Waals surface area contributed by atoms with E-state index in [0.29, 0.717) is 10.6 Å². The maximum absolute atomic E-state index is 12.6. The van der Waals surface area contributed by atoms with Crippen LogP contribution in [0.3, 0.4) is 0 Å². The van der Waals surface area contributed by atoms with Gasteiger partial charge in [-0.15, -0.1) is 0 Å². The van der Waals surface area contributed by atoms with E-state index in [0.717, 1.165) is 29.7 Å². The minimum atomic E-state index is -0.126. The average Bonchev–Trinajstić information content (AvgIpc) is 3.06. The largest absolute Gasteiger partial charge is 0.372 e. The van der Waals surface area contributed by atoms with E-state index in [2.05, 4.69) is 27.3 Å². The van der Waals surface area contributed by atoms with Crippen LogP contribution in [0.2, 0.25) is 5.02 Å². The summed E-state index contributed by atoms with van der Waals surface area (Å²) in [5, 5.41) is 4.49. The molecule has 5 heteroatoms. The van der Waals surface area contributed by atoms with Gasteiger partial charge >= 0.3 is 0 Å². The molecular weight excluding hydrogens is 334 g/mol. The Labute approximate surface area is 151 Å². The molecule has 0 unspecified atom stereocenters. The molecule has 25 heavy (non-hydrogen) atoms. The second-order valence-electron chi connectivity index (χ2n) is 6.44. The van der Waals surface area contributed by atoms with E-state index in [1.54, 1.807) is 12.3 Å². The number of H-pyrrole nitrogens is 1. The number of halogens is 1. The van der Waals surface area contributed by atoms with Gasteiger partial charge in [0.2, 0.25) is 0 Å². The Morgan fingerprint density at radius 2 is 1.80 bits per heavy atom. The fraction of sp³-hybridized carbons (Fsp3) is 0.250. The number of nitrogens with zero attached hydrogens (tertiary/aromatic N) is 1. The van der Waals surface area contributed by atoms with Crippen molar-refractivity contribution in [2.75, 3.05) is 23.3 Å². The number of nitrogens with one attached hydrogen (secondary N) is 2. The summed E-state index contributed by atoms with van der Waals surface area (Å²) in [6, 6.07) is 13.6. The highest BCUT2D eigenvalue weighted by Crippen LogP contribution is 2.24. The summed E-state index contributed by atoms with van der Waals surface area (Å²) in [4.78, 5) is 18.1. The third-order valence-corrected chi connectivity index (χ3v) is 4.97. The van der Waals surface area contributed by atoms with Gasteiger partial charge in [-0.1, -0.05) is 17.7 Å². The second-order valence-corrected chi connectivity index (χ2v) is 6.88. The summed E-state index contributed by atoms with van der Waals surface area (Å²) in [7, 11) is 0. The minimum absolute atomic E-state index is 0.126. The summed E-state index contributed by atoms with van der Waals surface area (Å²) < 4.78 is 0. The van der Waals surface area contributed by atoms with Crippen molar-refractivity contribution in [2.45, 2.75) is 19.3 Å². The molecule has 1 aliphatic rings. The molecule has 4 rings (SSSR count). The number of fused-ring (bicyclic) bond motifs is 1. The van der Waals surface area contributed by atoms with Crippen molar-refractivity contribution in [1.29, 1.82) is 0 Å². The number of benzene rings is 2. The van der Waals surface area contributed by atoms with Crippen LogP contribution in [0.25, 0.3) is 10.9 Å². The first-order valence-corrected chi connectivity index (χ1v) is 9.01. The summed E-state index contributed by atoms with van der Waals surface area (Å²) in [5.41, 5.74) is 3.50. The normalized spacial score (nSPS) is 14.7. The highest BCUT2D eigenvalue weighted by Gasteiger charge is 2.14. The van der Waals surface area contributed by atoms with Gasteiger partial charge in [0, 0.05) is 46.6 Å². The minimum Gasteiger partial charge on any atom is -0.372 e. The topological polar surface area (TPSA) is 48.1 Å². The van der Waals surface area contributed by atoms with E-state index in [1.165, 1.54) is 24.9 Å². The number of amides is 1. The van der Waals surface area contributed by atoms with Gasteiger partial charge in [-0.05, 0) is 55.7 Å². The summed E-state index contributed by atoms with van der Waals surface area (Å²) in [5.74, 6) is -0.126. The van der Waals surface area contributed by atoms with Crippen LogP contribution in [0.4, 0.5) is 11.4 Å². The lowest BCUT2D eigenvalue weighted by Crippen LogP contribution is -2.29. The van der Waals surface area contributed by atoms with Crippen molar-refractivity contribution in [3.8, 4) is 0 Å². The van der Waals surface area contributed by atoms with Gasteiger partial charge in [-0.25, -0.2) is 0 Å². The number of rotatable bonds is 3. The second kappa shape index (κ2) is 6.81. The lowest BCUT2D eigenvalue weighted by atomic mass is 10.1. The summed E-state index contributed by atoms with van der Waals surface area (Å²) in [6.45, 7) is 2.23. The van der Waals surface area contributed by atoms with E-state index in [4.69, 9.17) is 11.6 Å². The average molecular weight is 354 g/mol. The first-order valence-electron chi connectivity index (χ1n) is 8.64. The first kappa shape index (κ1) is 16.0. The number of hydrogen-bond donors (Lipinski definition) is 2. The molecule has 4 nitrogen and oxygen atoms in total. The van der Waals surface area contributed by atoms with Gasteiger partial charge in [0.15, 0.2) is 0 Å². The molecule has 1 aliphatic heterocycles. The van der Waals surface area contributed by atoms with E-state index >= 15 is 0 Å². The van der Waals surface area contributed by atoms with Gasteiger partial charge in [0.05, 0.1) is 5.56 Å². The van der Waals surface area contributed by atoms with E-state index in [1.807, 2.05) is 24.3 Å². The Balaban J connectivity index is 1.50. The van der Waals surface area contributed by atoms with Crippen LogP contribution < -0.4 is 10.2 Å². The zero-order valence-electron chi connectivity index (χ0n) is 13.9. The number of piperidine rings is 1. The van der Waals surface area contributed by atoms with Crippen molar-refractivity contribution in [1.82, 2.24) is 4.98 Å². The lowest BCUT2D eigenvalue weighted by molar-refractivity contribution is 0.102. The summed E-state index contributed by atoms with van der Waals surface area (Å²) in [6.07, 6.45) is 5.55. The lowest BCUT2D eigenvalue weighted by Gasteiger charge is -2.28. The Kier molecular flexibility index (Phi) is 4.36. The third kappa shape index (κ3) is 3.35. The molecule has 1 amide bonds. The number of aromatic amines is 1. The van der Waals surface area contributed by atoms with Crippen LogP contribution in [0.1, 0.15) is 29.6 Å². The monoisotopic (exact) mass is 353 g/mol. The van der Waals surface area contributed by atoms with Crippen molar-refractivity contribution in [3.63, 3.8) is 0 Å². The molecule has 0 atom stereocenters. The molecule has 1 saturated heterocycles. The molecule has 2 aromatic carbocycles. The molecule has 3 aromatic rings. The molecule has 0 saturated carbocycles. The highest BCUT2D eigenvalue weighted by atomic mass is 35.5. The molecule has 0 spiro atoms. The fourth-order valence-electron chi connectivity index (χ4n) is 3.39. The SMILES string of the molecule is O=C(Nc1ccc(N2CCCCC2)cc1)c1c[nH]c2cc(Cl)ccc12. The predicted molar refractivity (Wildman–Crippen MR) is 104 cm³/mol. The molecular formula is C20H20ClN3O. The van der Waals surface area contributed by atoms with Crippen molar-refractivity contribution >= 4 is 39.8 Å². The number of carbonyl (C=O) groups is 1. The number of aromatic nitrogens is 1. The number of hydrogen-bond acceptors (Lipinski definition) is 2. The smallest absolute Gasteiger partial charge is 0.257 e. The highest BCUT2D eigenvalue weighted by molar-refractivity contribution is 6.31. The van der Waals surface area contributed by atoms with Crippen LogP contribution in [-0.2, 0) is 0 Å². The van der Waals surface area contributed by atoms with Crippen LogP contribution in [0, 0.1) is 0 Å². The molecule has 1 fully saturated rings.